The lowest BCUT2D eigenvalue weighted by atomic mass is 10.2. The first-order chi connectivity index (χ1) is 14.7. The van der Waals surface area contributed by atoms with E-state index >= 15 is 0 Å². The average Bonchev–Trinajstić information content (AvgIpc) is 3.46. The summed E-state index contributed by atoms with van der Waals surface area (Å²) < 4.78 is 16.6. The van der Waals surface area contributed by atoms with Crippen LogP contribution >= 0.6 is 0 Å². The van der Waals surface area contributed by atoms with Crippen molar-refractivity contribution < 1.29 is 23.5 Å². The lowest BCUT2D eigenvalue weighted by Crippen LogP contribution is -2.30. The molecule has 0 bridgehead atoms. The third-order valence-corrected chi connectivity index (χ3v) is 3.94. The Kier molecular flexibility index (Phi) is 7.45. The Morgan fingerprint density at radius 3 is 2.77 bits per heavy atom. The highest BCUT2D eigenvalue weighted by Gasteiger charge is 2.22. The van der Waals surface area contributed by atoms with Gasteiger partial charge in [0.25, 0.3) is 5.91 Å². The topological polar surface area (TPSA) is 121 Å². The van der Waals surface area contributed by atoms with E-state index in [-0.39, 0.29) is 5.70 Å². The molecule has 0 fully saturated rings. The monoisotopic (exact) mass is 411 g/mol. The van der Waals surface area contributed by atoms with Gasteiger partial charge in [-0.3, -0.25) is 4.79 Å². The van der Waals surface area contributed by atoms with Crippen LogP contribution in [0.2, 0.25) is 0 Å². The predicted molar refractivity (Wildman–Crippen MR) is 107 cm³/mol. The van der Waals surface area contributed by atoms with E-state index in [0.29, 0.717) is 36.7 Å². The maximum absolute atomic E-state index is 12.8. The first-order valence-electron chi connectivity index (χ1n) is 9.21. The van der Waals surface area contributed by atoms with Gasteiger partial charge in [-0.2, -0.15) is 4.68 Å². The van der Waals surface area contributed by atoms with Crippen LogP contribution in [-0.4, -0.2) is 59.0 Å². The Labute approximate surface area is 172 Å². The van der Waals surface area contributed by atoms with Crippen molar-refractivity contribution in [1.29, 1.82) is 0 Å². The molecule has 0 aliphatic heterocycles. The molecule has 3 rings (SSSR count). The number of furan rings is 1. The van der Waals surface area contributed by atoms with Crippen LogP contribution in [0.1, 0.15) is 12.2 Å². The van der Waals surface area contributed by atoms with Crippen molar-refractivity contribution in [2.45, 2.75) is 6.42 Å². The number of hydrogen-bond acceptors (Lipinski definition) is 8. The molecular formula is C20H21N5O5. The molecular weight excluding hydrogens is 390 g/mol. The molecule has 1 amide bonds. The number of rotatable bonds is 10. The minimum Gasteiger partial charge on any atom is -0.465 e. The summed E-state index contributed by atoms with van der Waals surface area (Å²) in [5, 5.41) is 14.3. The largest absolute Gasteiger partial charge is 0.465 e. The number of nitrogens with one attached hydrogen (secondary N) is 1. The maximum Gasteiger partial charge on any atom is 0.357 e. The van der Waals surface area contributed by atoms with E-state index < -0.39 is 18.5 Å². The van der Waals surface area contributed by atoms with Gasteiger partial charge in [-0.25, -0.2) is 4.79 Å². The van der Waals surface area contributed by atoms with Crippen LogP contribution in [0.15, 0.2) is 53.1 Å². The molecule has 3 aromatic rings. The third-order valence-electron chi connectivity index (χ3n) is 3.94. The van der Waals surface area contributed by atoms with E-state index in [1.54, 1.807) is 19.2 Å². The Hall–Kier alpha value is -3.79. The molecule has 2 heterocycles. The zero-order valence-electron chi connectivity index (χ0n) is 16.4. The Morgan fingerprint density at radius 2 is 2.03 bits per heavy atom. The van der Waals surface area contributed by atoms with E-state index in [0.717, 1.165) is 0 Å². The molecule has 10 nitrogen and oxygen atoms in total. The Bertz CT molecular complexity index is 982. The van der Waals surface area contributed by atoms with Crippen molar-refractivity contribution in [3.8, 4) is 11.4 Å². The number of ether oxygens (including phenoxy) is 2. The van der Waals surface area contributed by atoms with Crippen LogP contribution in [0.5, 0.6) is 0 Å². The number of carbonyl (C=O) groups excluding carboxylic acids is 2. The summed E-state index contributed by atoms with van der Waals surface area (Å²) in [6, 6.07) is 12.5. The summed E-state index contributed by atoms with van der Waals surface area (Å²) in [5.41, 5.74) is 0.706. The van der Waals surface area contributed by atoms with Crippen molar-refractivity contribution in [2.75, 3.05) is 26.9 Å². The molecule has 0 aliphatic carbocycles. The molecule has 0 atom stereocenters. The van der Waals surface area contributed by atoms with Gasteiger partial charge < -0.3 is 19.2 Å². The van der Waals surface area contributed by atoms with E-state index in [1.807, 2.05) is 30.3 Å². The summed E-state index contributed by atoms with van der Waals surface area (Å²) in [4.78, 5) is 24.7. The standard InChI is InChI=1S/C20H21N5O5/c1-28-11-6-10-21-18(26)14-30-20(27)17(13-16-9-5-12-29-16)25-19(22-23-24-25)15-7-3-2-4-8-15/h2-5,7-9,12-13H,6,10-11,14H2,1H3,(H,21,26)/b17-13-. The van der Waals surface area contributed by atoms with Crippen LogP contribution in [0.3, 0.4) is 0 Å². The van der Waals surface area contributed by atoms with Gasteiger partial charge in [0.1, 0.15) is 5.76 Å². The number of carbonyl (C=O) groups is 2. The van der Waals surface area contributed by atoms with Gasteiger partial charge in [0.2, 0.25) is 0 Å². The van der Waals surface area contributed by atoms with Gasteiger partial charge in [0.15, 0.2) is 18.1 Å². The number of methoxy groups -OCH3 is 1. The Morgan fingerprint density at radius 1 is 1.20 bits per heavy atom. The quantitative estimate of drug-likeness (QED) is 0.303. The molecule has 10 heteroatoms. The highest BCUT2D eigenvalue weighted by molar-refractivity contribution is 6.15. The van der Waals surface area contributed by atoms with Gasteiger partial charge in [-0.05, 0) is 29.0 Å². The number of aromatic nitrogens is 4. The SMILES string of the molecule is COCCCNC(=O)COC(=O)/C(=C/c1ccco1)n1nnnc1-c1ccccc1. The summed E-state index contributed by atoms with van der Waals surface area (Å²) in [5.74, 6) is -0.449. The summed E-state index contributed by atoms with van der Waals surface area (Å²) in [7, 11) is 1.58. The minimum atomic E-state index is -0.775. The Balaban J connectivity index is 1.77. The fourth-order valence-corrected chi connectivity index (χ4v) is 2.53. The van der Waals surface area contributed by atoms with E-state index in [2.05, 4.69) is 20.8 Å². The van der Waals surface area contributed by atoms with Gasteiger partial charge in [0.05, 0.1) is 6.26 Å². The highest BCUT2D eigenvalue weighted by Crippen LogP contribution is 2.21. The van der Waals surface area contributed by atoms with Crippen molar-refractivity contribution in [3.63, 3.8) is 0 Å². The molecule has 156 valence electrons. The number of esters is 1. The molecule has 0 saturated carbocycles. The second-order valence-electron chi connectivity index (χ2n) is 6.10. The fraction of sp³-hybridized carbons (Fsp3) is 0.250. The molecule has 1 N–H and O–H groups in total. The van der Waals surface area contributed by atoms with Crippen LogP contribution in [0, 0.1) is 0 Å². The summed E-state index contributed by atoms with van der Waals surface area (Å²) in [6.45, 7) is 0.506. The number of benzene rings is 1. The molecule has 2 aromatic heterocycles. The second-order valence-corrected chi connectivity index (χ2v) is 6.10. The van der Waals surface area contributed by atoms with Gasteiger partial charge in [-0.1, -0.05) is 30.3 Å². The van der Waals surface area contributed by atoms with Gasteiger partial charge >= 0.3 is 5.97 Å². The molecule has 0 spiro atoms. The predicted octanol–water partition coefficient (Wildman–Crippen LogP) is 1.63. The first kappa shape index (κ1) is 20.9. The number of hydrogen-bond donors (Lipinski definition) is 1. The fourth-order valence-electron chi connectivity index (χ4n) is 2.53. The van der Waals surface area contributed by atoms with E-state index in [1.165, 1.54) is 17.0 Å². The number of tetrazole rings is 1. The highest BCUT2D eigenvalue weighted by atomic mass is 16.5. The number of amides is 1. The van der Waals surface area contributed by atoms with Gasteiger partial charge in [-0.15, -0.1) is 5.10 Å². The lowest BCUT2D eigenvalue weighted by molar-refractivity contribution is -0.143. The lowest BCUT2D eigenvalue weighted by Gasteiger charge is -2.10. The van der Waals surface area contributed by atoms with Crippen molar-refractivity contribution in [3.05, 3.63) is 54.5 Å². The average molecular weight is 411 g/mol. The summed E-state index contributed by atoms with van der Waals surface area (Å²) in [6.07, 6.45) is 3.58. The molecule has 0 unspecified atom stereocenters. The van der Waals surface area contributed by atoms with Crippen molar-refractivity contribution in [1.82, 2.24) is 25.5 Å². The minimum absolute atomic E-state index is 0.000913. The van der Waals surface area contributed by atoms with E-state index in [9.17, 15) is 9.59 Å². The van der Waals surface area contributed by atoms with Crippen LogP contribution in [0.25, 0.3) is 23.2 Å². The first-order valence-corrected chi connectivity index (χ1v) is 9.21. The van der Waals surface area contributed by atoms with Crippen molar-refractivity contribution >= 4 is 23.6 Å². The van der Waals surface area contributed by atoms with E-state index in [4.69, 9.17) is 13.9 Å². The van der Waals surface area contributed by atoms with Crippen LogP contribution in [-0.2, 0) is 19.1 Å². The zero-order chi connectivity index (χ0) is 21.2. The number of nitrogens with zero attached hydrogens (tertiary/aromatic N) is 4. The molecule has 0 radical (unpaired) electrons. The van der Waals surface area contributed by atoms with Crippen molar-refractivity contribution in [2.24, 2.45) is 0 Å². The van der Waals surface area contributed by atoms with Gasteiger partial charge in [0, 0.05) is 31.9 Å². The van der Waals surface area contributed by atoms with Crippen LogP contribution < -0.4 is 5.32 Å². The second kappa shape index (κ2) is 10.7. The maximum atomic E-state index is 12.8. The zero-order valence-corrected chi connectivity index (χ0v) is 16.4. The smallest absolute Gasteiger partial charge is 0.357 e. The molecule has 0 aliphatic rings. The molecule has 30 heavy (non-hydrogen) atoms. The van der Waals surface area contributed by atoms with Crippen LogP contribution in [0.4, 0.5) is 0 Å². The molecule has 0 saturated heterocycles. The summed E-state index contributed by atoms with van der Waals surface area (Å²) >= 11 is 0. The normalized spacial score (nSPS) is 11.3. The third kappa shape index (κ3) is 5.61. The molecule has 1 aromatic carbocycles.